The van der Waals surface area contributed by atoms with Gasteiger partial charge in [-0.05, 0) is 80.1 Å². The third kappa shape index (κ3) is 1.91. The van der Waals surface area contributed by atoms with Gasteiger partial charge in [-0.3, -0.25) is 4.90 Å². The Labute approximate surface area is 135 Å². The molecule has 3 heteroatoms. The molecule has 3 saturated carbocycles. The largest absolute Gasteiger partial charge is 0.395 e. The topological polar surface area (TPSA) is 43.7 Å². The van der Waals surface area contributed by atoms with Crippen LogP contribution in [-0.4, -0.2) is 47.0 Å². The van der Waals surface area contributed by atoms with Gasteiger partial charge in [-0.25, -0.2) is 0 Å². The first-order chi connectivity index (χ1) is 10.5. The molecular weight excluding hydrogens is 274 g/mol. The van der Waals surface area contributed by atoms with Crippen molar-refractivity contribution in [2.45, 2.75) is 70.9 Å². The van der Waals surface area contributed by atoms with E-state index in [0.29, 0.717) is 18.1 Å². The normalized spacial score (nSPS) is 54.8. The molecule has 0 unspecified atom stereocenters. The van der Waals surface area contributed by atoms with Crippen LogP contribution in [0.2, 0.25) is 0 Å². The summed E-state index contributed by atoms with van der Waals surface area (Å²) in [7, 11) is 0. The van der Waals surface area contributed by atoms with Crippen LogP contribution >= 0.6 is 0 Å². The average Bonchev–Trinajstić information content (AvgIpc) is 2.98. The van der Waals surface area contributed by atoms with Crippen molar-refractivity contribution in [2.75, 3.05) is 19.7 Å². The van der Waals surface area contributed by atoms with Crippen molar-refractivity contribution >= 4 is 0 Å². The molecule has 4 aliphatic rings. The third-order valence-corrected chi connectivity index (χ3v) is 8.53. The maximum absolute atomic E-state index is 10.5. The molecule has 1 saturated heterocycles. The minimum absolute atomic E-state index is 0.0570. The second-order valence-electron chi connectivity index (χ2n) is 9.12. The van der Waals surface area contributed by atoms with Gasteiger partial charge in [0, 0.05) is 12.6 Å². The molecular formula is C19H33NO2. The van der Waals surface area contributed by atoms with Crippen LogP contribution in [-0.2, 0) is 0 Å². The van der Waals surface area contributed by atoms with Gasteiger partial charge in [-0.15, -0.1) is 0 Å². The number of aliphatic hydroxyl groups excluding tert-OH is 2. The van der Waals surface area contributed by atoms with E-state index in [1.807, 2.05) is 0 Å². The Morgan fingerprint density at radius 2 is 1.73 bits per heavy atom. The predicted molar refractivity (Wildman–Crippen MR) is 87.5 cm³/mol. The van der Waals surface area contributed by atoms with Crippen molar-refractivity contribution in [2.24, 2.45) is 28.6 Å². The molecule has 0 aromatic heterocycles. The van der Waals surface area contributed by atoms with Gasteiger partial charge >= 0.3 is 0 Å². The Hall–Kier alpha value is -0.120. The molecule has 3 aliphatic carbocycles. The maximum atomic E-state index is 10.5. The average molecular weight is 307 g/mol. The molecule has 0 spiro atoms. The fourth-order valence-electron chi connectivity index (χ4n) is 7.30. The first-order valence-electron chi connectivity index (χ1n) is 9.53. The van der Waals surface area contributed by atoms with E-state index < -0.39 is 0 Å². The smallest absolute Gasteiger partial charge is 0.0596 e. The molecule has 0 amide bonds. The van der Waals surface area contributed by atoms with Gasteiger partial charge in [0.05, 0.1) is 12.7 Å². The summed E-state index contributed by atoms with van der Waals surface area (Å²) in [6, 6.07) is 0.691. The predicted octanol–water partition coefficient (Wildman–Crippen LogP) is 2.66. The van der Waals surface area contributed by atoms with Crippen LogP contribution in [0.1, 0.15) is 58.8 Å². The summed E-state index contributed by atoms with van der Waals surface area (Å²) in [5, 5.41) is 19.9. The first kappa shape index (κ1) is 15.4. The van der Waals surface area contributed by atoms with Crippen molar-refractivity contribution in [3.63, 3.8) is 0 Å². The van der Waals surface area contributed by atoms with E-state index in [-0.39, 0.29) is 11.5 Å². The molecule has 4 fully saturated rings. The van der Waals surface area contributed by atoms with Crippen molar-refractivity contribution in [3.8, 4) is 0 Å². The molecule has 2 N–H and O–H groups in total. The lowest BCUT2D eigenvalue weighted by Gasteiger charge is -2.57. The van der Waals surface area contributed by atoms with Crippen LogP contribution in [0.4, 0.5) is 0 Å². The minimum atomic E-state index is -0.0570. The van der Waals surface area contributed by atoms with Crippen LogP contribution in [0.3, 0.4) is 0 Å². The molecule has 0 bridgehead atoms. The highest BCUT2D eigenvalue weighted by Crippen LogP contribution is 2.64. The quantitative estimate of drug-likeness (QED) is 0.824. The molecule has 1 heterocycles. The Morgan fingerprint density at radius 3 is 2.50 bits per heavy atom. The van der Waals surface area contributed by atoms with Crippen molar-refractivity contribution < 1.29 is 10.2 Å². The molecule has 22 heavy (non-hydrogen) atoms. The summed E-state index contributed by atoms with van der Waals surface area (Å²) >= 11 is 0. The molecule has 4 rings (SSSR count). The number of nitrogens with zero attached hydrogens (tertiary/aromatic N) is 1. The van der Waals surface area contributed by atoms with Gasteiger partial charge in [-0.2, -0.15) is 0 Å². The number of rotatable bonds is 2. The zero-order valence-corrected chi connectivity index (χ0v) is 14.3. The van der Waals surface area contributed by atoms with Crippen molar-refractivity contribution in [1.29, 1.82) is 0 Å². The molecule has 3 nitrogen and oxygen atoms in total. The standard InChI is InChI=1S/C19H33NO2/c1-18-9-10-20(11-12-21)16(18)5-3-13-14-4-6-17(22)19(14,2)8-7-15(13)18/h13-17,21-22H,3-12H2,1-2H3/t13-,14-,15-,16+,17-,18-,19+/m1/s1. The van der Waals surface area contributed by atoms with Crippen molar-refractivity contribution in [1.82, 2.24) is 4.90 Å². The zero-order valence-electron chi connectivity index (χ0n) is 14.3. The summed E-state index contributed by atoms with van der Waals surface area (Å²) in [4.78, 5) is 2.56. The van der Waals surface area contributed by atoms with E-state index >= 15 is 0 Å². The lowest BCUT2D eigenvalue weighted by atomic mass is 9.49. The maximum Gasteiger partial charge on any atom is 0.0596 e. The van der Waals surface area contributed by atoms with Gasteiger partial charge < -0.3 is 10.2 Å². The number of fused-ring (bicyclic) bond motifs is 5. The van der Waals surface area contributed by atoms with Gasteiger partial charge in [0.25, 0.3) is 0 Å². The minimum Gasteiger partial charge on any atom is -0.395 e. The molecule has 1 aliphatic heterocycles. The van der Waals surface area contributed by atoms with E-state index in [9.17, 15) is 10.2 Å². The van der Waals surface area contributed by atoms with Gasteiger partial charge in [0.1, 0.15) is 0 Å². The summed E-state index contributed by atoms with van der Waals surface area (Å²) < 4.78 is 0. The van der Waals surface area contributed by atoms with Crippen LogP contribution < -0.4 is 0 Å². The molecule has 126 valence electrons. The number of likely N-dealkylation sites (tertiary alicyclic amines) is 1. The zero-order chi connectivity index (χ0) is 15.5. The monoisotopic (exact) mass is 307 g/mol. The number of β-amino-alcohol motifs (C(OH)–C–C–N with tert-alkyl or cyclic N) is 1. The fraction of sp³-hybridized carbons (Fsp3) is 1.00. The van der Waals surface area contributed by atoms with Crippen LogP contribution in [0.5, 0.6) is 0 Å². The van der Waals surface area contributed by atoms with Gasteiger partial charge in [0.15, 0.2) is 0 Å². The van der Waals surface area contributed by atoms with Crippen molar-refractivity contribution in [3.05, 3.63) is 0 Å². The summed E-state index contributed by atoms with van der Waals surface area (Å²) in [5.41, 5.74) is 0.653. The van der Waals surface area contributed by atoms with E-state index in [4.69, 9.17) is 0 Å². The Bertz CT molecular complexity index is 441. The van der Waals surface area contributed by atoms with E-state index in [1.54, 1.807) is 0 Å². The fourth-order valence-corrected chi connectivity index (χ4v) is 7.30. The van der Waals surface area contributed by atoms with E-state index in [1.165, 1.54) is 45.1 Å². The SMILES string of the molecule is C[C@]12CC[C@@H]3[C@H](CC[C@@H]4N(CCO)CC[C@]34C)[C@H]1CC[C@H]2O. The first-order valence-corrected chi connectivity index (χ1v) is 9.53. The van der Waals surface area contributed by atoms with E-state index in [2.05, 4.69) is 18.7 Å². The molecule has 0 aromatic carbocycles. The third-order valence-electron chi connectivity index (χ3n) is 8.53. The van der Waals surface area contributed by atoms with Crippen LogP contribution in [0, 0.1) is 28.6 Å². The Balaban J connectivity index is 1.60. The number of hydrogen-bond donors (Lipinski definition) is 2. The number of aliphatic hydroxyl groups is 2. The highest BCUT2D eigenvalue weighted by Gasteiger charge is 2.61. The van der Waals surface area contributed by atoms with Crippen LogP contribution in [0.25, 0.3) is 0 Å². The molecule has 7 atom stereocenters. The molecule has 0 aromatic rings. The second kappa shape index (κ2) is 5.19. The highest BCUT2D eigenvalue weighted by atomic mass is 16.3. The Kier molecular flexibility index (Phi) is 3.63. The lowest BCUT2D eigenvalue weighted by molar-refractivity contribution is -0.0980. The lowest BCUT2D eigenvalue weighted by Crippen LogP contribution is -2.55. The van der Waals surface area contributed by atoms with Crippen LogP contribution in [0.15, 0.2) is 0 Å². The van der Waals surface area contributed by atoms with Gasteiger partial charge in [-0.1, -0.05) is 13.8 Å². The Morgan fingerprint density at radius 1 is 0.955 bits per heavy atom. The summed E-state index contributed by atoms with van der Waals surface area (Å²) in [5.74, 6) is 2.44. The second-order valence-corrected chi connectivity index (χ2v) is 9.12. The number of hydrogen-bond acceptors (Lipinski definition) is 3. The summed E-state index contributed by atoms with van der Waals surface area (Å²) in [6.45, 7) is 7.24. The van der Waals surface area contributed by atoms with Gasteiger partial charge in [0.2, 0.25) is 0 Å². The summed E-state index contributed by atoms with van der Waals surface area (Å²) in [6.07, 6.45) is 8.72. The van der Waals surface area contributed by atoms with E-state index in [0.717, 1.165) is 30.7 Å². The molecule has 0 radical (unpaired) electrons. The highest BCUT2D eigenvalue weighted by molar-refractivity contribution is 5.11.